The Labute approximate surface area is 150 Å². The smallest absolute Gasteiger partial charge is 0.161 e. The zero-order chi connectivity index (χ0) is 18.0. The Hall–Kier alpha value is -2.20. The Morgan fingerprint density at radius 3 is 2.04 bits per heavy atom. The second-order valence-corrected chi connectivity index (χ2v) is 7.34. The van der Waals surface area contributed by atoms with Crippen LogP contribution in [-0.4, -0.2) is 26.9 Å². The topological polar surface area (TPSA) is 32.1 Å². The largest absolute Gasteiger partial charge is 0.497 e. The fraction of sp³-hybridized carbons (Fsp3) is 0.429. The molecular formula is C21H28NO3+. The summed E-state index contributed by atoms with van der Waals surface area (Å²) in [4.78, 5) is 1.55. The van der Waals surface area contributed by atoms with E-state index in [0.717, 1.165) is 36.8 Å². The summed E-state index contributed by atoms with van der Waals surface area (Å²) >= 11 is 0. The van der Waals surface area contributed by atoms with Crippen molar-refractivity contribution in [1.29, 1.82) is 0 Å². The first-order chi connectivity index (χ1) is 12.0. The molecule has 1 heterocycles. The molecule has 2 aromatic carbocycles. The maximum Gasteiger partial charge on any atom is 0.161 e. The third-order valence-electron chi connectivity index (χ3n) is 5.28. The van der Waals surface area contributed by atoms with Crippen molar-refractivity contribution in [1.82, 2.24) is 0 Å². The molecule has 0 aromatic heterocycles. The lowest BCUT2D eigenvalue weighted by Crippen LogP contribution is -3.18. The van der Waals surface area contributed by atoms with Crippen LogP contribution in [0.3, 0.4) is 0 Å². The molecule has 1 aliphatic heterocycles. The lowest BCUT2D eigenvalue weighted by Gasteiger charge is -2.40. The van der Waals surface area contributed by atoms with Gasteiger partial charge in [-0.3, -0.25) is 0 Å². The number of fused-ring (bicyclic) bond motifs is 1. The summed E-state index contributed by atoms with van der Waals surface area (Å²) in [7, 11) is 5.09. The van der Waals surface area contributed by atoms with E-state index in [4.69, 9.17) is 14.2 Å². The van der Waals surface area contributed by atoms with Crippen molar-refractivity contribution in [2.24, 2.45) is 0 Å². The van der Waals surface area contributed by atoms with E-state index >= 15 is 0 Å². The summed E-state index contributed by atoms with van der Waals surface area (Å²) in [6, 6.07) is 12.7. The molecule has 0 amide bonds. The molecule has 1 atom stereocenters. The minimum atomic E-state index is 0.159. The van der Waals surface area contributed by atoms with E-state index in [0.29, 0.717) is 0 Å². The number of hydrogen-bond donors (Lipinski definition) is 1. The van der Waals surface area contributed by atoms with Crippen molar-refractivity contribution in [2.75, 3.05) is 21.3 Å². The second-order valence-electron chi connectivity index (χ2n) is 7.34. The van der Waals surface area contributed by atoms with Gasteiger partial charge >= 0.3 is 0 Å². The highest BCUT2D eigenvalue weighted by Gasteiger charge is 2.37. The number of nitrogens with one attached hydrogen (secondary N) is 1. The first-order valence-corrected chi connectivity index (χ1v) is 8.68. The highest BCUT2D eigenvalue weighted by molar-refractivity contribution is 5.48. The van der Waals surface area contributed by atoms with E-state index in [-0.39, 0.29) is 5.54 Å². The lowest BCUT2D eigenvalue weighted by atomic mass is 9.85. The summed E-state index contributed by atoms with van der Waals surface area (Å²) in [6.45, 7) is 6.65. The molecule has 0 bridgehead atoms. The van der Waals surface area contributed by atoms with Crippen molar-refractivity contribution in [3.05, 3.63) is 53.1 Å². The minimum Gasteiger partial charge on any atom is -0.497 e. The van der Waals surface area contributed by atoms with E-state index in [1.54, 1.807) is 26.2 Å². The zero-order valence-electron chi connectivity index (χ0n) is 15.8. The van der Waals surface area contributed by atoms with Crippen LogP contribution in [0.5, 0.6) is 17.2 Å². The van der Waals surface area contributed by atoms with Crippen LogP contribution >= 0.6 is 0 Å². The van der Waals surface area contributed by atoms with E-state index in [9.17, 15) is 0 Å². The van der Waals surface area contributed by atoms with E-state index in [2.05, 4.69) is 38.1 Å². The van der Waals surface area contributed by atoms with Gasteiger partial charge < -0.3 is 19.1 Å². The monoisotopic (exact) mass is 342 g/mol. The van der Waals surface area contributed by atoms with Crippen molar-refractivity contribution in [2.45, 2.75) is 38.9 Å². The molecule has 0 saturated carbocycles. The van der Waals surface area contributed by atoms with Crippen molar-refractivity contribution >= 4 is 0 Å². The average molecular weight is 342 g/mol. The predicted molar refractivity (Wildman–Crippen MR) is 98.7 cm³/mol. The van der Waals surface area contributed by atoms with Crippen LogP contribution in [0.25, 0.3) is 0 Å². The van der Waals surface area contributed by atoms with Crippen molar-refractivity contribution in [3.8, 4) is 17.2 Å². The Kier molecular flexibility index (Phi) is 4.91. The quantitative estimate of drug-likeness (QED) is 0.907. The summed E-state index contributed by atoms with van der Waals surface area (Å²) in [5, 5.41) is 0. The van der Waals surface area contributed by atoms with Gasteiger partial charge in [-0.05, 0) is 55.8 Å². The first-order valence-electron chi connectivity index (χ1n) is 8.68. The molecule has 0 aliphatic carbocycles. The molecule has 4 heteroatoms. The highest BCUT2D eigenvalue weighted by atomic mass is 16.5. The summed E-state index contributed by atoms with van der Waals surface area (Å²) in [5.74, 6) is 2.53. The standard InChI is InChI=1S/C21H27NO3/c1-21(2)12-16-10-19(24-4)20(25-5)11-17(16)14-22(21)13-15-6-8-18(23-3)9-7-15/h6-11H,12-14H2,1-5H3/p+1. The Balaban J connectivity index is 1.86. The maximum atomic E-state index is 5.49. The fourth-order valence-electron chi connectivity index (χ4n) is 3.65. The van der Waals surface area contributed by atoms with Crippen LogP contribution in [0.1, 0.15) is 30.5 Å². The summed E-state index contributed by atoms with van der Waals surface area (Å²) in [6.07, 6.45) is 1.02. The van der Waals surface area contributed by atoms with Crippen LogP contribution in [0.15, 0.2) is 36.4 Å². The molecule has 0 saturated heterocycles. The fourth-order valence-corrected chi connectivity index (χ4v) is 3.65. The van der Waals surface area contributed by atoms with Crippen molar-refractivity contribution < 1.29 is 19.1 Å². The van der Waals surface area contributed by atoms with Gasteiger partial charge in [-0.15, -0.1) is 0 Å². The number of hydrogen-bond acceptors (Lipinski definition) is 3. The SMILES string of the molecule is COc1ccc(C[NH+]2Cc3cc(OC)c(OC)cc3CC2(C)C)cc1. The molecule has 1 aliphatic rings. The average Bonchev–Trinajstić information content (AvgIpc) is 2.61. The molecule has 1 unspecified atom stereocenters. The van der Waals surface area contributed by atoms with Gasteiger partial charge in [0.1, 0.15) is 18.8 Å². The van der Waals surface area contributed by atoms with Crippen LogP contribution in [0, 0.1) is 0 Å². The van der Waals surface area contributed by atoms with Gasteiger partial charge in [0.05, 0.1) is 26.9 Å². The molecule has 4 nitrogen and oxygen atoms in total. The molecule has 2 aromatic rings. The molecule has 0 radical (unpaired) electrons. The van der Waals surface area contributed by atoms with Gasteiger partial charge in [-0.1, -0.05) is 0 Å². The number of methoxy groups -OCH3 is 3. The lowest BCUT2D eigenvalue weighted by molar-refractivity contribution is -0.977. The van der Waals surface area contributed by atoms with E-state index in [1.165, 1.54) is 16.7 Å². The zero-order valence-corrected chi connectivity index (χ0v) is 15.8. The third-order valence-corrected chi connectivity index (χ3v) is 5.28. The van der Waals surface area contributed by atoms with Gasteiger partial charge in [0.2, 0.25) is 0 Å². The minimum absolute atomic E-state index is 0.159. The number of benzene rings is 2. The number of ether oxygens (including phenoxy) is 3. The van der Waals surface area contributed by atoms with Crippen LogP contribution < -0.4 is 19.1 Å². The Morgan fingerprint density at radius 2 is 1.48 bits per heavy atom. The third kappa shape index (κ3) is 3.59. The number of quaternary nitrogens is 1. The van der Waals surface area contributed by atoms with E-state index < -0.39 is 0 Å². The molecule has 1 N–H and O–H groups in total. The molecule has 134 valence electrons. The Bertz CT molecular complexity index is 738. The number of rotatable bonds is 5. The summed E-state index contributed by atoms with van der Waals surface area (Å²) < 4.78 is 16.2. The van der Waals surface area contributed by atoms with Crippen LogP contribution in [0.4, 0.5) is 0 Å². The molecule has 0 fully saturated rings. The molecule has 25 heavy (non-hydrogen) atoms. The molecule has 3 rings (SSSR count). The molecular weight excluding hydrogens is 314 g/mol. The highest BCUT2D eigenvalue weighted by Crippen LogP contribution is 2.33. The van der Waals surface area contributed by atoms with Gasteiger partial charge in [-0.2, -0.15) is 0 Å². The van der Waals surface area contributed by atoms with Crippen molar-refractivity contribution in [3.63, 3.8) is 0 Å². The van der Waals surface area contributed by atoms with Gasteiger partial charge in [-0.25, -0.2) is 0 Å². The normalized spacial score (nSPS) is 18.4. The first kappa shape index (κ1) is 17.6. The van der Waals surface area contributed by atoms with Gasteiger partial charge in [0.15, 0.2) is 11.5 Å². The van der Waals surface area contributed by atoms with Gasteiger partial charge in [0.25, 0.3) is 0 Å². The molecule has 0 spiro atoms. The van der Waals surface area contributed by atoms with Crippen LogP contribution in [-0.2, 0) is 19.5 Å². The maximum absolute atomic E-state index is 5.49. The Morgan fingerprint density at radius 1 is 0.880 bits per heavy atom. The predicted octanol–water partition coefficient (Wildman–Crippen LogP) is 2.63. The summed E-state index contributed by atoms with van der Waals surface area (Å²) in [5.41, 5.74) is 4.20. The second kappa shape index (κ2) is 6.96. The van der Waals surface area contributed by atoms with E-state index in [1.807, 2.05) is 12.1 Å². The van der Waals surface area contributed by atoms with Crippen LogP contribution in [0.2, 0.25) is 0 Å². The van der Waals surface area contributed by atoms with Gasteiger partial charge in [0, 0.05) is 17.5 Å².